The number of methoxy groups -OCH3 is 1. The molecule has 0 aliphatic heterocycles. The lowest BCUT2D eigenvalue weighted by Gasteiger charge is -2.11. The van der Waals surface area contributed by atoms with E-state index in [1.54, 1.807) is 7.11 Å². The molecular weight excluding hydrogens is 228 g/mol. The van der Waals surface area contributed by atoms with E-state index < -0.39 is 6.04 Å². The van der Waals surface area contributed by atoms with Gasteiger partial charge in [0.05, 0.1) is 6.04 Å². The van der Waals surface area contributed by atoms with Crippen molar-refractivity contribution in [2.45, 2.75) is 30.8 Å². The van der Waals surface area contributed by atoms with Gasteiger partial charge in [-0.2, -0.15) is 0 Å². The Balaban J connectivity index is 1.77. The minimum Gasteiger partial charge on any atom is -0.385 e. The molecule has 1 amide bonds. The number of hydrogen-bond donors (Lipinski definition) is 2. The van der Waals surface area contributed by atoms with E-state index in [0.29, 0.717) is 18.9 Å². The maximum atomic E-state index is 11.8. The van der Waals surface area contributed by atoms with Crippen LogP contribution in [0, 0.1) is 0 Å². The molecule has 1 fully saturated rings. The Morgan fingerprint density at radius 1 is 1.50 bits per heavy atom. The van der Waals surface area contributed by atoms with Gasteiger partial charge in [-0.3, -0.25) is 4.79 Å². The number of nitrogens with one attached hydrogen (secondary N) is 1. The van der Waals surface area contributed by atoms with Crippen LogP contribution in [0.1, 0.15) is 24.3 Å². The summed E-state index contributed by atoms with van der Waals surface area (Å²) in [5.74, 6) is 0.375. The molecule has 2 rings (SSSR count). The summed E-state index contributed by atoms with van der Waals surface area (Å²) in [7, 11) is 1.61. The van der Waals surface area contributed by atoms with Gasteiger partial charge in [0.2, 0.25) is 5.91 Å². The summed E-state index contributed by atoms with van der Waals surface area (Å²) >= 11 is 0. The molecule has 0 radical (unpaired) electrons. The second-order valence-corrected chi connectivity index (χ2v) is 4.76. The first kappa shape index (κ1) is 13.1. The van der Waals surface area contributed by atoms with Crippen LogP contribution in [-0.2, 0) is 9.53 Å². The molecule has 4 heteroatoms. The molecule has 18 heavy (non-hydrogen) atoms. The molecule has 0 bridgehead atoms. The molecule has 0 spiro atoms. The Hall–Kier alpha value is -1.39. The zero-order chi connectivity index (χ0) is 13.0. The van der Waals surface area contributed by atoms with E-state index in [-0.39, 0.29) is 11.9 Å². The third-order valence-corrected chi connectivity index (χ3v) is 3.32. The number of benzene rings is 1. The highest BCUT2D eigenvalue weighted by molar-refractivity contribution is 5.82. The van der Waals surface area contributed by atoms with Crippen LogP contribution >= 0.6 is 0 Å². The van der Waals surface area contributed by atoms with Gasteiger partial charge < -0.3 is 15.8 Å². The van der Waals surface area contributed by atoms with Crippen LogP contribution in [0.3, 0.4) is 0 Å². The quantitative estimate of drug-likeness (QED) is 0.790. The Morgan fingerprint density at radius 2 is 2.22 bits per heavy atom. The lowest BCUT2D eigenvalue weighted by atomic mass is 10.1. The minimum absolute atomic E-state index is 0.0736. The summed E-state index contributed by atoms with van der Waals surface area (Å²) in [6.45, 7) is 0.515. The standard InChI is InChI=1S/C14H20N2O2/c1-18-8-7-12(15)14(17)16-13-9-11(13)10-5-3-2-4-6-10/h2-6,11-13H,7-9,15H2,1H3,(H,16,17). The molecule has 0 heterocycles. The van der Waals surface area contributed by atoms with Gasteiger partial charge in [0.15, 0.2) is 0 Å². The molecule has 0 aromatic heterocycles. The van der Waals surface area contributed by atoms with Gasteiger partial charge in [0, 0.05) is 25.7 Å². The van der Waals surface area contributed by atoms with Gasteiger partial charge in [-0.1, -0.05) is 30.3 Å². The van der Waals surface area contributed by atoms with Gasteiger partial charge in [0.25, 0.3) is 0 Å². The largest absolute Gasteiger partial charge is 0.385 e. The summed E-state index contributed by atoms with van der Waals surface area (Å²) in [6, 6.07) is 10.0. The monoisotopic (exact) mass is 248 g/mol. The van der Waals surface area contributed by atoms with Crippen molar-refractivity contribution in [2.75, 3.05) is 13.7 Å². The average Bonchev–Trinajstić information content (AvgIpc) is 3.16. The Bertz CT molecular complexity index is 394. The van der Waals surface area contributed by atoms with Crippen LogP contribution in [0.5, 0.6) is 0 Å². The predicted octanol–water partition coefficient (Wildman–Crippen LogP) is 1.02. The number of ether oxygens (including phenoxy) is 1. The second-order valence-electron chi connectivity index (χ2n) is 4.76. The number of carbonyl (C=O) groups is 1. The van der Waals surface area contributed by atoms with E-state index in [1.807, 2.05) is 18.2 Å². The lowest BCUT2D eigenvalue weighted by Crippen LogP contribution is -2.42. The number of hydrogen-bond acceptors (Lipinski definition) is 3. The first-order valence-corrected chi connectivity index (χ1v) is 6.32. The summed E-state index contributed by atoms with van der Waals surface area (Å²) in [5.41, 5.74) is 7.06. The first-order chi connectivity index (χ1) is 8.72. The third-order valence-electron chi connectivity index (χ3n) is 3.32. The van der Waals surface area contributed by atoms with Crippen LogP contribution in [0.25, 0.3) is 0 Å². The summed E-state index contributed by atoms with van der Waals surface area (Å²) in [4.78, 5) is 11.8. The average molecular weight is 248 g/mol. The summed E-state index contributed by atoms with van der Waals surface area (Å²) < 4.78 is 4.91. The van der Waals surface area contributed by atoms with E-state index in [2.05, 4.69) is 17.4 Å². The van der Waals surface area contributed by atoms with E-state index >= 15 is 0 Å². The highest BCUT2D eigenvalue weighted by Gasteiger charge is 2.39. The van der Waals surface area contributed by atoms with Crippen molar-refractivity contribution in [1.82, 2.24) is 5.32 Å². The molecule has 98 valence electrons. The van der Waals surface area contributed by atoms with Crippen molar-refractivity contribution < 1.29 is 9.53 Å². The maximum absolute atomic E-state index is 11.8. The third kappa shape index (κ3) is 3.31. The Morgan fingerprint density at radius 3 is 2.89 bits per heavy atom. The van der Waals surface area contributed by atoms with E-state index in [9.17, 15) is 4.79 Å². The Labute approximate surface area is 108 Å². The zero-order valence-corrected chi connectivity index (χ0v) is 10.6. The van der Waals surface area contributed by atoms with Gasteiger partial charge >= 0.3 is 0 Å². The van der Waals surface area contributed by atoms with Crippen molar-refractivity contribution in [3.63, 3.8) is 0 Å². The number of rotatable bonds is 6. The summed E-state index contributed by atoms with van der Waals surface area (Å²) in [6.07, 6.45) is 1.57. The highest BCUT2D eigenvalue weighted by atomic mass is 16.5. The molecule has 3 unspecified atom stereocenters. The van der Waals surface area contributed by atoms with Crippen molar-refractivity contribution >= 4 is 5.91 Å². The molecule has 1 aromatic rings. The van der Waals surface area contributed by atoms with Gasteiger partial charge in [-0.15, -0.1) is 0 Å². The van der Waals surface area contributed by atoms with Crippen LogP contribution in [-0.4, -0.2) is 31.7 Å². The van der Waals surface area contributed by atoms with Crippen molar-refractivity contribution in [3.8, 4) is 0 Å². The van der Waals surface area contributed by atoms with Crippen LogP contribution in [0.4, 0.5) is 0 Å². The SMILES string of the molecule is COCCC(N)C(=O)NC1CC1c1ccccc1. The molecule has 4 nitrogen and oxygen atoms in total. The lowest BCUT2D eigenvalue weighted by molar-refractivity contribution is -0.122. The smallest absolute Gasteiger partial charge is 0.237 e. The van der Waals surface area contributed by atoms with Gasteiger partial charge in [-0.25, -0.2) is 0 Å². The zero-order valence-electron chi connectivity index (χ0n) is 10.6. The molecule has 0 saturated heterocycles. The molecule has 1 aliphatic carbocycles. The second kappa shape index (κ2) is 5.98. The van der Waals surface area contributed by atoms with Crippen molar-refractivity contribution in [3.05, 3.63) is 35.9 Å². The molecule has 3 N–H and O–H groups in total. The number of nitrogens with two attached hydrogens (primary N) is 1. The van der Waals surface area contributed by atoms with Crippen LogP contribution < -0.4 is 11.1 Å². The van der Waals surface area contributed by atoms with E-state index in [1.165, 1.54) is 5.56 Å². The normalized spacial score (nSPS) is 23.4. The van der Waals surface area contributed by atoms with Crippen LogP contribution in [0.2, 0.25) is 0 Å². The first-order valence-electron chi connectivity index (χ1n) is 6.32. The van der Waals surface area contributed by atoms with Crippen molar-refractivity contribution in [1.29, 1.82) is 0 Å². The number of carbonyl (C=O) groups excluding carboxylic acids is 1. The molecule has 1 aromatic carbocycles. The Kier molecular flexibility index (Phi) is 4.33. The molecule has 3 atom stereocenters. The highest BCUT2D eigenvalue weighted by Crippen LogP contribution is 2.40. The summed E-state index contributed by atoms with van der Waals surface area (Å²) in [5, 5.41) is 2.99. The fraction of sp³-hybridized carbons (Fsp3) is 0.500. The molecule has 1 saturated carbocycles. The minimum atomic E-state index is -0.470. The van der Waals surface area contributed by atoms with Gasteiger partial charge in [0.1, 0.15) is 0 Å². The molecular formula is C14H20N2O2. The van der Waals surface area contributed by atoms with Crippen molar-refractivity contribution in [2.24, 2.45) is 5.73 Å². The van der Waals surface area contributed by atoms with Gasteiger partial charge in [-0.05, 0) is 18.4 Å². The van der Waals surface area contributed by atoms with Crippen LogP contribution in [0.15, 0.2) is 30.3 Å². The van der Waals surface area contributed by atoms with E-state index in [0.717, 1.165) is 6.42 Å². The predicted molar refractivity (Wildman–Crippen MR) is 70.2 cm³/mol. The maximum Gasteiger partial charge on any atom is 0.237 e. The topological polar surface area (TPSA) is 64.3 Å². The molecule has 1 aliphatic rings. The van der Waals surface area contributed by atoms with E-state index in [4.69, 9.17) is 10.5 Å². The number of amides is 1. The fourth-order valence-electron chi connectivity index (χ4n) is 2.09. The fourth-order valence-corrected chi connectivity index (χ4v) is 2.09.